The maximum absolute atomic E-state index is 12.1. The normalized spacial score (nSPS) is 11.7. The van der Waals surface area contributed by atoms with Crippen LogP contribution in [-0.4, -0.2) is 24.0 Å². The van der Waals surface area contributed by atoms with Gasteiger partial charge in [-0.1, -0.05) is 37.3 Å². The Balaban J connectivity index is 1.93. The lowest BCUT2D eigenvalue weighted by Crippen LogP contribution is -2.15. The van der Waals surface area contributed by atoms with Crippen molar-refractivity contribution in [1.82, 2.24) is 4.98 Å². The van der Waals surface area contributed by atoms with Crippen LogP contribution in [0.25, 0.3) is 0 Å². The van der Waals surface area contributed by atoms with E-state index < -0.39 is 0 Å². The molecule has 0 radical (unpaired) electrons. The third-order valence-electron chi connectivity index (χ3n) is 3.58. The molecule has 1 aromatic carbocycles. The molecular weight excluding hydrogens is 296 g/mol. The monoisotopic (exact) mass is 316 g/mol. The van der Waals surface area contributed by atoms with Crippen LogP contribution in [0.3, 0.4) is 0 Å². The van der Waals surface area contributed by atoms with Gasteiger partial charge in [0.05, 0.1) is 6.61 Å². The summed E-state index contributed by atoms with van der Waals surface area (Å²) in [6.07, 6.45) is 3.01. The first kappa shape index (κ1) is 16.7. The summed E-state index contributed by atoms with van der Waals surface area (Å²) >= 11 is 0. The van der Waals surface area contributed by atoms with Gasteiger partial charge in [-0.25, -0.2) is 4.98 Å². The Morgan fingerprint density at radius 1 is 1.39 bits per heavy atom. The highest BCUT2D eigenvalue weighted by atomic mass is 16.5. The van der Waals surface area contributed by atoms with Gasteiger partial charge in [0.2, 0.25) is 11.8 Å². The number of aryl methyl sites for hydroxylation is 1. The molecule has 23 heavy (non-hydrogen) atoms. The van der Waals surface area contributed by atoms with E-state index in [9.17, 15) is 9.59 Å². The van der Waals surface area contributed by atoms with Crippen LogP contribution < -0.4 is 5.32 Å². The van der Waals surface area contributed by atoms with Crippen LogP contribution in [0.15, 0.2) is 41.1 Å². The van der Waals surface area contributed by atoms with Crippen molar-refractivity contribution in [1.29, 1.82) is 0 Å². The number of hydrogen-bond donors (Lipinski definition) is 1. The van der Waals surface area contributed by atoms with Gasteiger partial charge in [0.15, 0.2) is 6.39 Å². The molecule has 0 aliphatic heterocycles. The molecule has 1 atom stereocenters. The molecule has 1 amide bonds. The van der Waals surface area contributed by atoms with Crippen molar-refractivity contribution >= 4 is 18.3 Å². The van der Waals surface area contributed by atoms with Gasteiger partial charge in [-0.3, -0.25) is 14.9 Å². The lowest BCUT2D eigenvalue weighted by Gasteiger charge is -2.12. The van der Waals surface area contributed by atoms with E-state index in [0.29, 0.717) is 37.3 Å². The summed E-state index contributed by atoms with van der Waals surface area (Å²) in [5.74, 6) is 0.0748. The Labute approximate surface area is 134 Å². The number of ether oxygens (including phenoxy) is 1. The first-order chi connectivity index (χ1) is 11.2. The van der Waals surface area contributed by atoms with Crippen molar-refractivity contribution in [2.45, 2.75) is 32.1 Å². The second kappa shape index (κ2) is 8.73. The summed E-state index contributed by atoms with van der Waals surface area (Å²) in [7, 11) is 0. The Morgan fingerprint density at radius 2 is 2.17 bits per heavy atom. The summed E-state index contributed by atoms with van der Waals surface area (Å²) in [6.45, 7) is 2.56. The van der Waals surface area contributed by atoms with Gasteiger partial charge in [0.25, 0.3) is 6.47 Å². The van der Waals surface area contributed by atoms with Crippen molar-refractivity contribution in [2.24, 2.45) is 0 Å². The average Bonchev–Trinajstić information content (AvgIpc) is 3.03. The number of rotatable bonds is 9. The number of benzene rings is 1. The molecule has 0 fully saturated rings. The van der Waals surface area contributed by atoms with Crippen molar-refractivity contribution < 1.29 is 18.7 Å². The molecule has 2 aromatic rings. The van der Waals surface area contributed by atoms with E-state index >= 15 is 0 Å². The van der Waals surface area contributed by atoms with Crippen molar-refractivity contribution in [2.75, 3.05) is 11.9 Å². The number of aromatic nitrogens is 1. The molecule has 122 valence electrons. The van der Waals surface area contributed by atoms with E-state index in [1.165, 1.54) is 6.39 Å². The van der Waals surface area contributed by atoms with Crippen molar-refractivity contribution in [3.8, 4) is 0 Å². The highest BCUT2D eigenvalue weighted by Gasteiger charge is 2.20. The number of nitrogens with zero attached hydrogens (tertiary/aromatic N) is 1. The predicted molar refractivity (Wildman–Crippen MR) is 84.9 cm³/mol. The summed E-state index contributed by atoms with van der Waals surface area (Å²) in [5, 5.41) is 2.74. The summed E-state index contributed by atoms with van der Waals surface area (Å²) in [5.41, 5.74) is 1.70. The number of oxazole rings is 1. The molecule has 0 saturated carbocycles. The van der Waals surface area contributed by atoms with Crippen LogP contribution >= 0.6 is 0 Å². The quantitative estimate of drug-likeness (QED) is 0.719. The summed E-state index contributed by atoms with van der Waals surface area (Å²) in [6, 6.07) is 9.80. The lowest BCUT2D eigenvalue weighted by molar-refractivity contribution is -0.129. The molecule has 1 N–H and O–H groups in total. The number of carbonyl (C=O) groups excluding carboxylic acids is 2. The fourth-order valence-electron chi connectivity index (χ4n) is 2.28. The molecule has 6 heteroatoms. The number of amides is 1. The predicted octanol–water partition coefficient (Wildman–Crippen LogP) is 2.91. The number of anilines is 1. The Kier molecular flexibility index (Phi) is 6.35. The SMILES string of the molecule is CCC(COC=O)c1ncoc1NC(=O)CCc1ccccc1. The van der Waals surface area contributed by atoms with E-state index in [-0.39, 0.29) is 18.4 Å². The first-order valence-electron chi connectivity index (χ1n) is 7.57. The van der Waals surface area contributed by atoms with Crippen LogP contribution in [0, 0.1) is 0 Å². The van der Waals surface area contributed by atoms with Crippen molar-refractivity contribution in [3.63, 3.8) is 0 Å². The molecule has 2 rings (SSSR count). The second-order valence-electron chi connectivity index (χ2n) is 5.14. The number of nitrogens with one attached hydrogen (secondary N) is 1. The van der Waals surface area contributed by atoms with Gasteiger partial charge in [0, 0.05) is 12.3 Å². The Morgan fingerprint density at radius 3 is 2.87 bits per heavy atom. The molecule has 0 spiro atoms. The topological polar surface area (TPSA) is 81.4 Å². The van der Waals surface area contributed by atoms with Gasteiger partial charge >= 0.3 is 0 Å². The van der Waals surface area contributed by atoms with E-state index in [1.54, 1.807) is 0 Å². The molecule has 6 nitrogen and oxygen atoms in total. The van der Waals surface area contributed by atoms with E-state index in [2.05, 4.69) is 10.3 Å². The largest absolute Gasteiger partial charge is 0.467 e. The molecule has 0 aliphatic carbocycles. The smallest absolute Gasteiger partial charge is 0.293 e. The zero-order valence-corrected chi connectivity index (χ0v) is 13.0. The molecule has 0 saturated heterocycles. The molecular formula is C17H20N2O4. The molecule has 0 aliphatic rings. The summed E-state index contributed by atoms with van der Waals surface area (Å²) in [4.78, 5) is 26.6. The standard InChI is InChI=1S/C17H20N2O4/c1-2-14(10-22-12-20)16-17(23-11-18-16)19-15(21)9-8-13-6-4-3-5-7-13/h3-7,11-12,14H,2,8-10H2,1H3,(H,19,21). The van der Waals surface area contributed by atoms with Gasteiger partial charge in [-0.15, -0.1) is 0 Å². The molecule has 1 unspecified atom stereocenters. The van der Waals surface area contributed by atoms with Crippen LogP contribution in [0.2, 0.25) is 0 Å². The third kappa shape index (κ3) is 4.95. The highest BCUT2D eigenvalue weighted by molar-refractivity contribution is 5.90. The molecule has 0 bridgehead atoms. The minimum absolute atomic E-state index is 0.108. The fraction of sp³-hybridized carbons (Fsp3) is 0.353. The highest BCUT2D eigenvalue weighted by Crippen LogP contribution is 2.26. The summed E-state index contributed by atoms with van der Waals surface area (Å²) < 4.78 is 10.1. The van der Waals surface area contributed by atoms with E-state index in [0.717, 1.165) is 5.56 Å². The minimum Gasteiger partial charge on any atom is -0.467 e. The van der Waals surface area contributed by atoms with Crippen LogP contribution in [0.1, 0.15) is 36.9 Å². The van der Waals surface area contributed by atoms with Gasteiger partial charge in [-0.2, -0.15) is 0 Å². The lowest BCUT2D eigenvalue weighted by atomic mass is 10.0. The Hall–Kier alpha value is -2.63. The van der Waals surface area contributed by atoms with Crippen LogP contribution in [-0.2, 0) is 20.7 Å². The van der Waals surface area contributed by atoms with Crippen molar-refractivity contribution in [3.05, 3.63) is 48.0 Å². The van der Waals surface area contributed by atoms with Gasteiger partial charge < -0.3 is 9.15 Å². The van der Waals surface area contributed by atoms with Gasteiger partial charge in [0.1, 0.15) is 5.69 Å². The van der Waals surface area contributed by atoms with Crippen LogP contribution in [0.4, 0.5) is 5.88 Å². The van der Waals surface area contributed by atoms with E-state index in [1.807, 2.05) is 37.3 Å². The zero-order chi connectivity index (χ0) is 16.5. The average molecular weight is 316 g/mol. The number of carbonyl (C=O) groups is 2. The maximum Gasteiger partial charge on any atom is 0.293 e. The Bertz CT molecular complexity index is 625. The number of hydrogen-bond acceptors (Lipinski definition) is 5. The molecule has 1 aromatic heterocycles. The third-order valence-corrected chi connectivity index (χ3v) is 3.58. The first-order valence-corrected chi connectivity index (χ1v) is 7.57. The second-order valence-corrected chi connectivity index (χ2v) is 5.14. The minimum atomic E-state index is -0.141. The maximum atomic E-state index is 12.1. The molecule has 1 heterocycles. The van der Waals surface area contributed by atoms with Crippen LogP contribution in [0.5, 0.6) is 0 Å². The zero-order valence-electron chi connectivity index (χ0n) is 13.0. The van der Waals surface area contributed by atoms with E-state index in [4.69, 9.17) is 9.15 Å². The van der Waals surface area contributed by atoms with Gasteiger partial charge in [-0.05, 0) is 18.4 Å². The fourth-order valence-corrected chi connectivity index (χ4v) is 2.28.